The Morgan fingerprint density at radius 2 is 0.509 bits per heavy atom. The first-order chi connectivity index (χ1) is 51.7. The van der Waals surface area contributed by atoms with Gasteiger partial charge in [-0.25, -0.2) is 29.9 Å². The molecule has 10 nitrogen and oxygen atoms in total. The number of halogens is 6. The predicted octanol–water partition coefficient (Wildman–Crippen LogP) is 29.9. The third-order valence-corrected chi connectivity index (χ3v) is 27.1. The molecule has 2 N–H and O–H groups in total. The normalized spacial score (nSPS) is 12.3. The Labute approximate surface area is 668 Å². The van der Waals surface area contributed by atoms with Gasteiger partial charge in [0.15, 0.2) is 34.8 Å². The number of rotatable bonds is 54. The fourth-order valence-corrected chi connectivity index (χ4v) is 19.6. The van der Waals surface area contributed by atoms with Crippen LogP contribution in [0.1, 0.15) is 332 Å². The number of unbranched alkanes of at least 4 members (excludes halogenated alkanes) is 32. The Bertz CT molecular complexity index is 3750. The van der Waals surface area contributed by atoms with Gasteiger partial charge in [-0.2, -0.15) is 0 Å². The van der Waals surface area contributed by atoms with E-state index >= 15 is 0 Å². The number of nitrogens with one attached hydrogen (secondary N) is 2. The van der Waals surface area contributed by atoms with Crippen LogP contribution in [0, 0.1) is 0 Å². The van der Waals surface area contributed by atoms with Gasteiger partial charge < -0.3 is 19.4 Å². The zero-order valence-electron chi connectivity index (χ0n) is 65.7. The van der Waals surface area contributed by atoms with Gasteiger partial charge in [-0.05, 0) is 160 Å². The van der Waals surface area contributed by atoms with E-state index in [0.717, 1.165) is 147 Å². The average molecular weight is 1600 g/mol. The molecule has 2 aliphatic heterocycles. The average Bonchev–Trinajstić information content (AvgIpc) is 1.60. The van der Waals surface area contributed by atoms with Crippen LogP contribution in [-0.2, 0) is 38.5 Å². The lowest BCUT2D eigenvalue weighted by Crippen LogP contribution is -2.10. The Kier molecular flexibility index (Phi) is 37.4. The molecule has 0 spiro atoms. The molecule has 0 radical (unpaired) electrons. The van der Waals surface area contributed by atoms with E-state index in [1.54, 1.807) is 0 Å². The second-order valence-corrected chi connectivity index (χ2v) is 49.4. The standard InChI is InChI=1S/C88H128Cl6N8O2Si2/c1-7-13-19-25-31-37-47-65-53-55-67(49-39-33-27-21-15-9-3)77-75(65)83-96-81-71-63-73(103-59-43-45-61-105(89,90)91)74(104-60-44-46-62-106(92,93)94)64-72(71)82(95-81)97-84-76-66(48-38-32-26-20-14-8-2)54-56-68(50-40-34-28-22-16-10-4)78(76)86(99-84)101-88-80-70(52-42-36-30-24-18-12-6)58-57-69(51-41-35-29-23-17-11-5)79(80)87(102-88)100-85(77)98-83/h53-58,63-64H,7-52,59-62H2,1-6H3,(H2,95,96,97,98,99,100,101,102). The number of hydrogen-bond donors (Lipinski definition) is 2. The number of H-pyrrole nitrogens is 2. The lowest BCUT2D eigenvalue weighted by molar-refractivity contribution is 0.262. The van der Waals surface area contributed by atoms with E-state index < -0.39 is 12.0 Å². The van der Waals surface area contributed by atoms with E-state index in [1.165, 1.54) is 224 Å². The van der Waals surface area contributed by atoms with E-state index in [1.807, 2.05) is 0 Å². The number of benzene rings is 4. The first kappa shape index (κ1) is 86.0. The van der Waals surface area contributed by atoms with Gasteiger partial charge in [-0.3, -0.25) is 0 Å². The molecule has 0 saturated heterocycles. The van der Waals surface area contributed by atoms with E-state index in [9.17, 15) is 0 Å². The summed E-state index contributed by atoms with van der Waals surface area (Å²) in [6.45, 7) is 14.6. The molecule has 582 valence electrons. The minimum atomic E-state index is -2.84. The lowest BCUT2D eigenvalue weighted by atomic mass is 9.91. The first-order valence-corrected chi connectivity index (χ1v) is 53.0. The minimum absolute atomic E-state index is 0.390. The summed E-state index contributed by atoms with van der Waals surface area (Å²) in [4.78, 5) is 43.5. The van der Waals surface area contributed by atoms with Crippen LogP contribution in [0.2, 0.25) is 12.1 Å². The zero-order chi connectivity index (χ0) is 74.9. The molecule has 0 aliphatic carbocycles. The molecule has 0 atom stereocenters. The van der Waals surface area contributed by atoms with Crippen molar-refractivity contribution >= 4 is 123 Å². The Morgan fingerprint density at radius 3 is 0.783 bits per heavy atom. The SMILES string of the molecule is CCCCCCCCc1ccc(CCCCCCCC)c2c1-c1nc-2nc2[nH]c(nc3nc(nc4[nH]c(n1)c1cc(OCCCC[Si](Cl)(Cl)Cl)c(OCCCC[Si](Cl)(Cl)Cl)cc41)-c1c(CCCCCCCC)ccc(CCCCCCCC)c1-3)c1c(CCCCCCCC)ccc(CCCCCCCC)c21. The van der Waals surface area contributed by atoms with Crippen molar-refractivity contribution in [2.75, 3.05) is 13.2 Å². The highest BCUT2D eigenvalue weighted by atomic mass is 35.8. The van der Waals surface area contributed by atoms with Gasteiger partial charge in [0.2, 0.25) is 0 Å². The molecule has 0 saturated carbocycles. The van der Waals surface area contributed by atoms with E-state index in [4.69, 9.17) is 106 Å². The van der Waals surface area contributed by atoms with Crippen molar-refractivity contribution in [3.05, 3.63) is 81.9 Å². The molecule has 3 aromatic heterocycles. The Morgan fingerprint density at radius 1 is 0.274 bits per heavy atom. The van der Waals surface area contributed by atoms with Gasteiger partial charge in [0.1, 0.15) is 22.6 Å². The first-order valence-electron chi connectivity index (χ1n) is 42.5. The smallest absolute Gasteiger partial charge is 0.341 e. The van der Waals surface area contributed by atoms with Crippen LogP contribution in [0.5, 0.6) is 11.5 Å². The lowest BCUT2D eigenvalue weighted by Gasteiger charge is -2.14. The third kappa shape index (κ3) is 26.3. The predicted molar refractivity (Wildman–Crippen MR) is 464 cm³/mol. The summed E-state index contributed by atoms with van der Waals surface area (Å²) < 4.78 is 13.7. The van der Waals surface area contributed by atoms with Crippen molar-refractivity contribution < 1.29 is 9.47 Å². The van der Waals surface area contributed by atoms with Gasteiger partial charge in [0, 0.05) is 43.8 Å². The van der Waals surface area contributed by atoms with Crippen molar-refractivity contribution in [3.63, 3.8) is 0 Å². The Hall–Kier alpha value is -3.99. The van der Waals surface area contributed by atoms with Crippen LogP contribution in [-0.4, -0.2) is 65.1 Å². The summed E-state index contributed by atoms with van der Waals surface area (Å²) in [6, 6.07) is 14.1. The minimum Gasteiger partial charge on any atom is -0.490 e. The molecule has 106 heavy (non-hydrogen) atoms. The third-order valence-electron chi connectivity index (χ3n) is 21.9. The van der Waals surface area contributed by atoms with E-state index in [-0.39, 0.29) is 0 Å². The van der Waals surface area contributed by atoms with Crippen molar-refractivity contribution in [1.82, 2.24) is 39.9 Å². The maximum atomic E-state index is 6.85. The summed E-state index contributed by atoms with van der Waals surface area (Å²) >= 11 is 38.6. The summed E-state index contributed by atoms with van der Waals surface area (Å²) in [7, 11) is 0. The Balaban J connectivity index is 1.40. The van der Waals surface area contributed by atoms with E-state index in [2.05, 4.69) is 100 Å². The summed E-state index contributed by atoms with van der Waals surface area (Å²) in [6.07, 6.45) is 51.8. The highest BCUT2D eigenvalue weighted by molar-refractivity contribution is 7.65. The molecular weight excluding hydrogens is 1470 g/mol. The van der Waals surface area contributed by atoms with Crippen LogP contribution >= 0.6 is 66.5 Å². The topological polar surface area (TPSA) is 127 Å². The number of ether oxygens (including phenoxy) is 2. The highest BCUT2D eigenvalue weighted by Gasteiger charge is 2.31. The fourth-order valence-electron chi connectivity index (χ4n) is 15.9. The quantitative estimate of drug-likeness (QED) is 0.0219. The molecule has 2 aliphatic rings. The molecule has 5 heterocycles. The van der Waals surface area contributed by atoms with E-state index in [0.29, 0.717) is 84.2 Å². The number of aryl methyl sites for hydroxylation is 6. The number of aromatic amines is 2. The molecule has 7 aromatic rings. The van der Waals surface area contributed by atoms with Crippen molar-refractivity contribution in [1.29, 1.82) is 0 Å². The molecular formula is C88H128Cl6N8O2Si2. The van der Waals surface area contributed by atoms with Crippen LogP contribution < -0.4 is 9.47 Å². The number of nitrogens with zero attached hydrogens (tertiary/aromatic N) is 6. The monoisotopic (exact) mass is 1590 g/mol. The van der Waals surface area contributed by atoms with Crippen molar-refractivity contribution in [3.8, 4) is 57.1 Å². The summed E-state index contributed by atoms with van der Waals surface area (Å²) in [5, 5.41) is 3.98. The fraction of sp³-hybridized carbons (Fsp3) is 0.636. The van der Waals surface area contributed by atoms with Gasteiger partial charge in [-0.1, -0.05) is 271 Å². The van der Waals surface area contributed by atoms with Crippen molar-refractivity contribution in [2.45, 2.75) is 349 Å². The number of fused-ring (bicyclic) bond motifs is 20. The molecule has 9 rings (SSSR count). The largest absolute Gasteiger partial charge is 0.490 e. The number of hydrogen-bond acceptors (Lipinski definition) is 8. The van der Waals surface area contributed by atoms with Gasteiger partial charge in [-0.15, -0.1) is 66.5 Å². The van der Waals surface area contributed by atoms with Crippen LogP contribution in [0.25, 0.3) is 89.7 Å². The van der Waals surface area contributed by atoms with Crippen LogP contribution in [0.3, 0.4) is 0 Å². The molecule has 8 bridgehead atoms. The highest BCUT2D eigenvalue weighted by Crippen LogP contribution is 2.46. The summed E-state index contributed by atoms with van der Waals surface area (Å²) in [5.74, 6) is 3.86. The van der Waals surface area contributed by atoms with Gasteiger partial charge >= 0.3 is 12.0 Å². The number of aromatic nitrogens is 8. The maximum Gasteiger partial charge on any atom is 0.341 e. The van der Waals surface area contributed by atoms with Gasteiger partial charge in [0.25, 0.3) is 0 Å². The van der Waals surface area contributed by atoms with Crippen LogP contribution in [0.4, 0.5) is 0 Å². The summed E-state index contributed by atoms with van der Waals surface area (Å²) in [5.41, 5.74) is 14.9. The second kappa shape index (κ2) is 46.1. The molecule has 18 heteroatoms. The van der Waals surface area contributed by atoms with Crippen LogP contribution in [0.15, 0.2) is 48.5 Å². The maximum absolute atomic E-state index is 6.85. The van der Waals surface area contributed by atoms with Crippen molar-refractivity contribution in [2.24, 2.45) is 0 Å². The van der Waals surface area contributed by atoms with Gasteiger partial charge in [0.05, 0.1) is 13.2 Å². The molecule has 0 fully saturated rings. The second-order valence-electron chi connectivity index (χ2n) is 30.8. The molecule has 4 aromatic carbocycles. The zero-order valence-corrected chi connectivity index (χ0v) is 72.3. The molecule has 0 amide bonds. The molecule has 0 unspecified atom stereocenters.